The van der Waals surface area contributed by atoms with Gasteiger partial charge in [-0.2, -0.15) is 0 Å². The Morgan fingerprint density at radius 2 is 1.92 bits per heavy atom. The van der Waals surface area contributed by atoms with Gasteiger partial charge in [-0.3, -0.25) is 0 Å². The van der Waals surface area contributed by atoms with Crippen molar-refractivity contribution in [3.8, 4) is 5.75 Å². The van der Waals surface area contributed by atoms with Gasteiger partial charge in [0.2, 0.25) is 0 Å². The van der Waals surface area contributed by atoms with Gasteiger partial charge in [0.1, 0.15) is 5.75 Å². The summed E-state index contributed by atoms with van der Waals surface area (Å²) in [5.74, 6) is 2.28. The van der Waals surface area contributed by atoms with E-state index in [9.17, 15) is 8.42 Å². The molecular formula is C19H31NO4S. The first-order valence-corrected chi connectivity index (χ1v) is 10.8. The fourth-order valence-electron chi connectivity index (χ4n) is 3.17. The van der Waals surface area contributed by atoms with Gasteiger partial charge in [0.15, 0.2) is 9.84 Å². The van der Waals surface area contributed by atoms with Crippen molar-refractivity contribution in [2.75, 3.05) is 38.6 Å². The standard InChI is InChI=1S/C19H31NO4S/c1-15(2)8-9-20-12-16(3)17(13-20)14-24-18-4-6-19(7-5-18)25(22,23)11-10-21/h4-7,15-17,21H,8-14H2,1-3H3. The molecule has 0 bridgehead atoms. The SMILES string of the molecule is CC(C)CCN1CC(C)C(COc2ccc(S(=O)(=O)CCO)cc2)C1. The van der Waals surface area contributed by atoms with E-state index in [-0.39, 0.29) is 17.3 Å². The molecule has 0 spiro atoms. The van der Waals surface area contributed by atoms with Crippen LogP contribution in [0.15, 0.2) is 29.2 Å². The lowest BCUT2D eigenvalue weighted by molar-refractivity contribution is 0.223. The van der Waals surface area contributed by atoms with Gasteiger partial charge in [0.25, 0.3) is 0 Å². The van der Waals surface area contributed by atoms with Crippen molar-refractivity contribution >= 4 is 9.84 Å². The van der Waals surface area contributed by atoms with E-state index in [0.717, 1.165) is 25.6 Å². The van der Waals surface area contributed by atoms with Gasteiger partial charge in [-0.15, -0.1) is 0 Å². The Balaban J connectivity index is 1.85. The monoisotopic (exact) mass is 369 g/mol. The van der Waals surface area contributed by atoms with Crippen LogP contribution in [-0.2, 0) is 9.84 Å². The number of ether oxygens (including phenoxy) is 1. The van der Waals surface area contributed by atoms with Crippen LogP contribution in [0.3, 0.4) is 0 Å². The molecule has 2 rings (SSSR count). The predicted octanol–water partition coefficient (Wildman–Crippen LogP) is 2.45. The van der Waals surface area contributed by atoms with Crippen LogP contribution in [0.4, 0.5) is 0 Å². The third kappa shape index (κ3) is 5.97. The summed E-state index contributed by atoms with van der Waals surface area (Å²) in [6.07, 6.45) is 1.23. The average molecular weight is 370 g/mol. The Bertz CT molecular complexity index is 627. The lowest BCUT2D eigenvalue weighted by atomic mass is 9.99. The van der Waals surface area contributed by atoms with Gasteiger partial charge in [0, 0.05) is 19.0 Å². The molecule has 0 aromatic heterocycles. The van der Waals surface area contributed by atoms with E-state index in [4.69, 9.17) is 9.84 Å². The average Bonchev–Trinajstić information content (AvgIpc) is 2.91. The van der Waals surface area contributed by atoms with Crippen molar-refractivity contribution in [1.29, 1.82) is 0 Å². The first-order chi connectivity index (χ1) is 11.8. The minimum absolute atomic E-state index is 0.225. The molecule has 1 fully saturated rings. The van der Waals surface area contributed by atoms with Crippen LogP contribution in [-0.4, -0.2) is 57.0 Å². The molecule has 1 aliphatic heterocycles. The second kappa shape index (κ2) is 9.01. The summed E-state index contributed by atoms with van der Waals surface area (Å²) in [4.78, 5) is 2.74. The van der Waals surface area contributed by atoms with Gasteiger partial charge in [-0.1, -0.05) is 20.8 Å². The van der Waals surface area contributed by atoms with Crippen LogP contribution >= 0.6 is 0 Å². The second-order valence-corrected chi connectivity index (χ2v) is 9.61. The van der Waals surface area contributed by atoms with Gasteiger partial charge in [0.05, 0.1) is 23.9 Å². The highest BCUT2D eigenvalue weighted by molar-refractivity contribution is 7.91. The highest BCUT2D eigenvalue weighted by Crippen LogP contribution is 2.25. The molecule has 0 amide bonds. The number of aliphatic hydroxyl groups excluding tert-OH is 1. The molecule has 1 aromatic carbocycles. The zero-order chi connectivity index (χ0) is 18.4. The van der Waals surface area contributed by atoms with E-state index in [1.54, 1.807) is 24.3 Å². The van der Waals surface area contributed by atoms with Crippen molar-refractivity contribution < 1.29 is 18.3 Å². The van der Waals surface area contributed by atoms with Crippen molar-refractivity contribution in [2.45, 2.75) is 32.1 Å². The zero-order valence-electron chi connectivity index (χ0n) is 15.5. The summed E-state index contributed by atoms with van der Waals surface area (Å²) in [6.45, 7) is 10.4. The first-order valence-electron chi connectivity index (χ1n) is 9.10. The van der Waals surface area contributed by atoms with Gasteiger partial charge in [-0.25, -0.2) is 8.42 Å². The van der Waals surface area contributed by atoms with Crippen molar-refractivity contribution in [2.24, 2.45) is 17.8 Å². The van der Waals surface area contributed by atoms with E-state index in [1.165, 1.54) is 6.42 Å². The molecule has 0 saturated carbocycles. The van der Waals surface area contributed by atoms with Gasteiger partial charge < -0.3 is 14.7 Å². The lowest BCUT2D eigenvalue weighted by Gasteiger charge is -2.17. The molecule has 0 radical (unpaired) electrons. The highest BCUT2D eigenvalue weighted by Gasteiger charge is 2.29. The van der Waals surface area contributed by atoms with E-state index in [2.05, 4.69) is 25.7 Å². The predicted molar refractivity (Wildman–Crippen MR) is 99.6 cm³/mol. The van der Waals surface area contributed by atoms with E-state index >= 15 is 0 Å². The summed E-state index contributed by atoms with van der Waals surface area (Å²) in [5, 5.41) is 8.83. The summed E-state index contributed by atoms with van der Waals surface area (Å²) in [5.41, 5.74) is 0. The number of hydrogen-bond donors (Lipinski definition) is 1. The zero-order valence-corrected chi connectivity index (χ0v) is 16.3. The third-order valence-electron chi connectivity index (χ3n) is 4.87. The molecule has 25 heavy (non-hydrogen) atoms. The molecule has 142 valence electrons. The maximum Gasteiger partial charge on any atom is 0.180 e. The van der Waals surface area contributed by atoms with Crippen molar-refractivity contribution in [3.63, 3.8) is 0 Å². The topological polar surface area (TPSA) is 66.8 Å². The molecule has 2 atom stereocenters. The Kier molecular flexibility index (Phi) is 7.28. The summed E-state index contributed by atoms with van der Waals surface area (Å²) < 4.78 is 29.7. The van der Waals surface area contributed by atoms with E-state index in [1.807, 2.05) is 0 Å². The lowest BCUT2D eigenvalue weighted by Crippen LogP contribution is -2.24. The Morgan fingerprint density at radius 1 is 1.24 bits per heavy atom. The number of nitrogens with zero attached hydrogens (tertiary/aromatic N) is 1. The second-order valence-electron chi connectivity index (χ2n) is 7.50. The van der Waals surface area contributed by atoms with Crippen molar-refractivity contribution in [3.05, 3.63) is 24.3 Å². The maximum absolute atomic E-state index is 11.9. The number of aliphatic hydroxyl groups is 1. The van der Waals surface area contributed by atoms with Crippen LogP contribution in [0.1, 0.15) is 27.2 Å². The van der Waals surface area contributed by atoms with Crippen LogP contribution < -0.4 is 4.74 Å². The minimum Gasteiger partial charge on any atom is -0.493 e. The fourth-order valence-corrected chi connectivity index (χ4v) is 4.19. The molecule has 2 unspecified atom stereocenters. The Hall–Kier alpha value is -1.11. The normalized spacial score (nSPS) is 21.8. The molecule has 5 nitrogen and oxygen atoms in total. The van der Waals surface area contributed by atoms with Gasteiger partial charge >= 0.3 is 0 Å². The minimum atomic E-state index is -3.40. The summed E-state index contributed by atoms with van der Waals surface area (Å²) in [7, 11) is -3.40. The molecule has 1 aromatic rings. The molecule has 1 saturated heterocycles. The Labute approximate surface area is 151 Å². The van der Waals surface area contributed by atoms with Crippen LogP contribution in [0.2, 0.25) is 0 Å². The smallest absolute Gasteiger partial charge is 0.180 e. The Morgan fingerprint density at radius 3 is 2.52 bits per heavy atom. The number of benzene rings is 1. The quantitative estimate of drug-likeness (QED) is 0.724. The molecule has 0 aliphatic carbocycles. The largest absolute Gasteiger partial charge is 0.493 e. The summed E-state index contributed by atoms with van der Waals surface area (Å²) in [6, 6.07) is 6.49. The van der Waals surface area contributed by atoms with Gasteiger partial charge in [-0.05, 0) is 49.1 Å². The van der Waals surface area contributed by atoms with Crippen LogP contribution in [0.25, 0.3) is 0 Å². The fraction of sp³-hybridized carbons (Fsp3) is 0.684. The number of hydrogen-bond acceptors (Lipinski definition) is 5. The molecule has 1 N–H and O–H groups in total. The molecule has 1 aliphatic rings. The van der Waals surface area contributed by atoms with Crippen LogP contribution in [0.5, 0.6) is 5.75 Å². The molecule has 1 heterocycles. The molecular weight excluding hydrogens is 338 g/mol. The number of rotatable bonds is 9. The van der Waals surface area contributed by atoms with Crippen molar-refractivity contribution in [1.82, 2.24) is 4.90 Å². The highest BCUT2D eigenvalue weighted by atomic mass is 32.2. The number of sulfone groups is 1. The maximum atomic E-state index is 11.9. The van der Waals surface area contributed by atoms with E-state index < -0.39 is 9.84 Å². The molecule has 6 heteroatoms. The number of likely N-dealkylation sites (tertiary alicyclic amines) is 1. The van der Waals surface area contributed by atoms with E-state index in [0.29, 0.717) is 24.2 Å². The van der Waals surface area contributed by atoms with Crippen LogP contribution in [0, 0.1) is 17.8 Å². The summed E-state index contributed by atoms with van der Waals surface area (Å²) >= 11 is 0. The third-order valence-corrected chi connectivity index (χ3v) is 6.58. The first kappa shape index (κ1) is 20.2.